The van der Waals surface area contributed by atoms with Crippen molar-refractivity contribution in [2.45, 2.75) is 39.2 Å². The van der Waals surface area contributed by atoms with Crippen molar-refractivity contribution in [2.24, 2.45) is 0 Å². The van der Waals surface area contributed by atoms with Crippen molar-refractivity contribution in [3.05, 3.63) is 0 Å². The molecule has 0 unspecified atom stereocenters. The maximum Gasteiger partial charge on any atom is 0.238 e. The van der Waals surface area contributed by atoms with Crippen molar-refractivity contribution >= 4 is 5.91 Å². The lowest BCUT2D eigenvalue weighted by molar-refractivity contribution is -0.143. The van der Waals surface area contributed by atoms with Crippen molar-refractivity contribution in [1.82, 2.24) is 10.0 Å². The number of nitrogens with zero attached hydrogens (tertiary/aromatic N) is 2. The predicted octanol–water partition coefficient (Wildman–Crippen LogP) is 0.617. The zero-order chi connectivity index (χ0) is 10.8. The first-order valence-corrected chi connectivity index (χ1v) is 5.21. The summed E-state index contributed by atoms with van der Waals surface area (Å²) in [6.45, 7) is 7.62. The molecule has 1 N–H and O–H groups in total. The Balaban J connectivity index is 2.58. The number of hydrazine groups is 1. The molecule has 1 amide bonds. The highest BCUT2D eigenvalue weighted by molar-refractivity contribution is 5.77. The van der Waals surface area contributed by atoms with E-state index in [0.29, 0.717) is 13.0 Å². The largest absolute Gasteiger partial charge is 0.389 e. The Hall–Kier alpha value is -0.610. The number of hydrogen-bond acceptors (Lipinski definition) is 3. The maximum atomic E-state index is 11.5. The van der Waals surface area contributed by atoms with Crippen LogP contribution in [0.4, 0.5) is 0 Å². The SMILES string of the molecule is CCCN1CCC(=O)N1CC(C)(C)O. The van der Waals surface area contributed by atoms with E-state index in [1.165, 1.54) is 0 Å². The van der Waals surface area contributed by atoms with Crippen LogP contribution in [0.2, 0.25) is 0 Å². The Kier molecular flexibility index (Phi) is 3.50. The maximum absolute atomic E-state index is 11.5. The molecule has 1 heterocycles. The molecule has 4 nitrogen and oxygen atoms in total. The zero-order valence-electron chi connectivity index (χ0n) is 9.29. The van der Waals surface area contributed by atoms with Crippen LogP contribution in [0.1, 0.15) is 33.6 Å². The van der Waals surface area contributed by atoms with Gasteiger partial charge in [-0.1, -0.05) is 6.92 Å². The van der Waals surface area contributed by atoms with Gasteiger partial charge in [0, 0.05) is 19.5 Å². The molecule has 0 bridgehead atoms. The van der Waals surface area contributed by atoms with Crippen molar-refractivity contribution in [3.63, 3.8) is 0 Å². The van der Waals surface area contributed by atoms with Crippen LogP contribution in [0.3, 0.4) is 0 Å². The molecule has 82 valence electrons. The number of carbonyl (C=O) groups is 1. The van der Waals surface area contributed by atoms with Crippen molar-refractivity contribution in [1.29, 1.82) is 0 Å². The summed E-state index contributed by atoms with van der Waals surface area (Å²) in [6.07, 6.45) is 1.60. The molecular formula is C10H20N2O2. The highest BCUT2D eigenvalue weighted by Crippen LogP contribution is 2.16. The second-order valence-electron chi connectivity index (χ2n) is 4.47. The monoisotopic (exact) mass is 200 g/mol. The van der Waals surface area contributed by atoms with Crippen LogP contribution in [-0.4, -0.2) is 46.3 Å². The standard InChI is InChI=1S/C10H20N2O2/c1-4-6-11-7-5-9(13)12(11)8-10(2,3)14/h14H,4-8H2,1-3H3. The molecule has 0 saturated carbocycles. The fourth-order valence-electron chi connectivity index (χ4n) is 1.68. The van der Waals surface area contributed by atoms with Gasteiger partial charge in [-0.05, 0) is 20.3 Å². The molecule has 0 aromatic rings. The van der Waals surface area contributed by atoms with E-state index in [9.17, 15) is 9.90 Å². The third-order valence-corrected chi connectivity index (χ3v) is 2.23. The van der Waals surface area contributed by atoms with Crippen molar-refractivity contribution in [2.75, 3.05) is 19.6 Å². The number of rotatable bonds is 4. The summed E-state index contributed by atoms with van der Waals surface area (Å²) in [5.41, 5.74) is -0.814. The minimum Gasteiger partial charge on any atom is -0.389 e. The quantitative estimate of drug-likeness (QED) is 0.723. The molecule has 0 atom stereocenters. The molecule has 0 spiro atoms. The third-order valence-electron chi connectivity index (χ3n) is 2.23. The summed E-state index contributed by atoms with van der Waals surface area (Å²) in [7, 11) is 0. The first-order chi connectivity index (χ1) is 6.44. The van der Waals surface area contributed by atoms with E-state index in [1.54, 1.807) is 18.9 Å². The van der Waals surface area contributed by atoms with Crippen LogP contribution in [0.25, 0.3) is 0 Å². The lowest BCUT2D eigenvalue weighted by Gasteiger charge is -2.32. The van der Waals surface area contributed by atoms with Crippen molar-refractivity contribution < 1.29 is 9.90 Å². The number of hydrogen-bond donors (Lipinski definition) is 1. The number of amides is 1. The minimum absolute atomic E-state index is 0.126. The van der Waals surface area contributed by atoms with Gasteiger partial charge in [0.2, 0.25) is 5.91 Å². The summed E-state index contributed by atoms with van der Waals surface area (Å²) in [6, 6.07) is 0. The molecule has 1 rings (SSSR count). The van der Waals surface area contributed by atoms with Crippen LogP contribution in [0.5, 0.6) is 0 Å². The first-order valence-electron chi connectivity index (χ1n) is 5.21. The minimum atomic E-state index is -0.814. The molecule has 1 saturated heterocycles. The van der Waals surface area contributed by atoms with E-state index in [4.69, 9.17) is 0 Å². The lowest BCUT2D eigenvalue weighted by atomic mass is 10.1. The fraction of sp³-hybridized carbons (Fsp3) is 0.900. The first kappa shape index (κ1) is 11.5. The van der Waals surface area contributed by atoms with E-state index in [0.717, 1.165) is 19.5 Å². The van der Waals surface area contributed by atoms with Gasteiger partial charge in [0.05, 0.1) is 12.1 Å². The van der Waals surface area contributed by atoms with Crippen LogP contribution < -0.4 is 0 Å². The molecule has 0 aromatic heterocycles. The van der Waals surface area contributed by atoms with Gasteiger partial charge in [0.25, 0.3) is 0 Å². The summed E-state index contributed by atoms with van der Waals surface area (Å²) < 4.78 is 0. The van der Waals surface area contributed by atoms with E-state index in [1.807, 2.05) is 5.01 Å². The second-order valence-corrected chi connectivity index (χ2v) is 4.47. The molecule has 0 aromatic carbocycles. The Morgan fingerprint density at radius 3 is 2.64 bits per heavy atom. The fourth-order valence-corrected chi connectivity index (χ4v) is 1.68. The number of β-amino-alcohol motifs (C(OH)–C–C–N with tert-alkyl or cyclic N) is 1. The average molecular weight is 200 g/mol. The molecule has 1 aliphatic rings. The van der Waals surface area contributed by atoms with Gasteiger partial charge >= 0.3 is 0 Å². The van der Waals surface area contributed by atoms with E-state index in [2.05, 4.69) is 6.92 Å². The Bertz CT molecular complexity index is 211. The van der Waals surface area contributed by atoms with E-state index < -0.39 is 5.60 Å². The highest BCUT2D eigenvalue weighted by Gasteiger charge is 2.31. The van der Waals surface area contributed by atoms with Crippen LogP contribution >= 0.6 is 0 Å². The normalized spacial score (nSPS) is 19.4. The summed E-state index contributed by atoms with van der Waals surface area (Å²) in [5, 5.41) is 13.4. The van der Waals surface area contributed by atoms with E-state index >= 15 is 0 Å². The van der Waals surface area contributed by atoms with Gasteiger partial charge in [0.15, 0.2) is 0 Å². The van der Waals surface area contributed by atoms with Crippen LogP contribution in [0.15, 0.2) is 0 Å². The molecule has 1 fully saturated rings. The molecule has 14 heavy (non-hydrogen) atoms. The molecule has 0 aliphatic carbocycles. The Morgan fingerprint density at radius 1 is 1.50 bits per heavy atom. The Labute approximate surface area is 85.5 Å². The van der Waals surface area contributed by atoms with Gasteiger partial charge < -0.3 is 5.11 Å². The number of aliphatic hydroxyl groups is 1. The van der Waals surface area contributed by atoms with Crippen LogP contribution in [0, 0.1) is 0 Å². The van der Waals surface area contributed by atoms with Gasteiger partial charge in [-0.2, -0.15) is 0 Å². The smallest absolute Gasteiger partial charge is 0.238 e. The zero-order valence-corrected chi connectivity index (χ0v) is 9.29. The van der Waals surface area contributed by atoms with Gasteiger partial charge in [-0.3, -0.25) is 9.80 Å². The molecule has 0 radical (unpaired) electrons. The summed E-state index contributed by atoms with van der Waals surface area (Å²) in [4.78, 5) is 11.5. The average Bonchev–Trinajstić information content (AvgIpc) is 2.34. The molecule has 1 aliphatic heterocycles. The van der Waals surface area contributed by atoms with Crippen molar-refractivity contribution in [3.8, 4) is 0 Å². The molecule has 4 heteroatoms. The third kappa shape index (κ3) is 2.96. The summed E-state index contributed by atoms with van der Waals surface area (Å²) >= 11 is 0. The number of carbonyl (C=O) groups excluding carboxylic acids is 1. The lowest BCUT2D eigenvalue weighted by Crippen LogP contribution is -2.47. The second kappa shape index (κ2) is 4.28. The van der Waals surface area contributed by atoms with Gasteiger partial charge in [-0.25, -0.2) is 5.01 Å². The Morgan fingerprint density at radius 2 is 2.14 bits per heavy atom. The molecular weight excluding hydrogens is 180 g/mol. The summed E-state index contributed by atoms with van der Waals surface area (Å²) in [5.74, 6) is 0.126. The predicted molar refractivity (Wildman–Crippen MR) is 54.5 cm³/mol. The van der Waals surface area contributed by atoms with Gasteiger partial charge in [0.1, 0.15) is 0 Å². The van der Waals surface area contributed by atoms with Gasteiger partial charge in [-0.15, -0.1) is 0 Å². The van der Waals surface area contributed by atoms with Crippen LogP contribution in [-0.2, 0) is 4.79 Å². The highest BCUT2D eigenvalue weighted by atomic mass is 16.3. The topological polar surface area (TPSA) is 43.8 Å². The van der Waals surface area contributed by atoms with E-state index in [-0.39, 0.29) is 5.91 Å².